The lowest BCUT2D eigenvalue weighted by atomic mass is 9.85. The molecule has 1 aromatic carbocycles. The second kappa shape index (κ2) is 14.5. The van der Waals surface area contributed by atoms with Crippen LogP contribution in [0.15, 0.2) is 23.7 Å². The van der Waals surface area contributed by atoms with Gasteiger partial charge >= 0.3 is 0 Å². The number of aromatic nitrogens is 1. The van der Waals surface area contributed by atoms with Gasteiger partial charge in [0.15, 0.2) is 0 Å². The quantitative estimate of drug-likeness (QED) is 0.446. The van der Waals surface area contributed by atoms with Gasteiger partial charge in [0.05, 0.1) is 28.2 Å². The minimum Gasteiger partial charge on any atom is -0.342 e. The molecule has 9 heteroatoms. The SMILES string of the molecule is CC.CC(C)(C)C(NC(=O)C1(C#N)CC1)C(=O)N1CCCC1C=O.CNCc1ccc(-c2scnc2C)cc1C. The fraction of sp³-hybridized carbons (Fsp3) is 0.581. The predicted octanol–water partition coefficient (Wildman–Crippen LogP) is 5.18. The summed E-state index contributed by atoms with van der Waals surface area (Å²) in [7, 11) is 1.97. The van der Waals surface area contributed by atoms with Gasteiger partial charge in [-0.1, -0.05) is 52.8 Å². The topological polar surface area (TPSA) is 115 Å². The molecular weight excluding hydrogens is 522 g/mol. The van der Waals surface area contributed by atoms with Gasteiger partial charge in [-0.2, -0.15) is 5.26 Å². The van der Waals surface area contributed by atoms with Crippen molar-refractivity contribution in [2.24, 2.45) is 10.8 Å². The van der Waals surface area contributed by atoms with Crippen LogP contribution in [0.2, 0.25) is 0 Å². The van der Waals surface area contributed by atoms with Crippen molar-refractivity contribution in [1.82, 2.24) is 20.5 Å². The molecule has 40 heavy (non-hydrogen) atoms. The van der Waals surface area contributed by atoms with Crippen LogP contribution in [0.4, 0.5) is 0 Å². The van der Waals surface area contributed by atoms with Crippen LogP contribution in [0.1, 0.15) is 77.1 Å². The van der Waals surface area contributed by atoms with Crippen molar-refractivity contribution in [2.75, 3.05) is 13.6 Å². The standard InChI is InChI=1S/C16H23N3O3.C13H16N2S.C2H6/c1-15(2,3)12(18-14(22)16(10-17)6-7-16)13(21)19-8-4-5-11(19)9-20;1-9-6-11(4-5-12(9)7-14-3)13-10(2)15-8-16-13;1-2/h9,11-12H,4-8H2,1-3H3,(H,18,22);4-6,8,14H,7H2,1-3H3;1-2H3. The van der Waals surface area contributed by atoms with Crippen LogP contribution < -0.4 is 10.6 Å². The molecule has 2 atom stereocenters. The van der Waals surface area contributed by atoms with E-state index in [4.69, 9.17) is 5.26 Å². The number of carbonyl (C=O) groups is 3. The van der Waals surface area contributed by atoms with E-state index >= 15 is 0 Å². The van der Waals surface area contributed by atoms with Gasteiger partial charge in [0.1, 0.15) is 17.7 Å². The smallest absolute Gasteiger partial charge is 0.246 e. The number of benzene rings is 1. The monoisotopic (exact) mass is 567 g/mol. The maximum Gasteiger partial charge on any atom is 0.246 e. The second-order valence-corrected chi connectivity index (χ2v) is 12.1. The molecule has 2 aromatic rings. The molecule has 1 aliphatic heterocycles. The molecule has 4 rings (SSSR count). The molecule has 0 bridgehead atoms. The largest absolute Gasteiger partial charge is 0.342 e. The van der Waals surface area contributed by atoms with Crippen LogP contribution in [-0.4, -0.2) is 53.7 Å². The number of thiazole rings is 1. The fourth-order valence-electron chi connectivity index (χ4n) is 4.61. The van der Waals surface area contributed by atoms with E-state index in [1.807, 2.05) is 53.2 Å². The van der Waals surface area contributed by atoms with E-state index in [0.29, 0.717) is 25.8 Å². The highest BCUT2D eigenvalue weighted by Crippen LogP contribution is 2.45. The zero-order valence-corrected chi connectivity index (χ0v) is 26.1. The summed E-state index contributed by atoms with van der Waals surface area (Å²) in [6, 6.07) is 7.53. The van der Waals surface area contributed by atoms with Crippen molar-refractivity contribution in [1.29, 1.82) is 5.26 Å². The number of carbonyl (C=O) groups excluding carboxylic acids is 3. The average molecular weight is 568 g/mol. The van der Waals surface area contributed by atoms with Crippen LogP contribution in [0, 0.1) is 36.0 Å². The zero-order chi connectivity index (χ0) is 30.1. The van der Waals surface area contributed by atoms with Crippen LogP contribution in [0.3, 0.4) is 0 Å². The number of nitrogens with zero attached hydrogens (tertiary/aromatic N) is 3. The van der Waals surface area contributed by atoms with Gasteiger partial charge in [-0.25, -0.2) is 4.98 Å². The van der Waals surface area contributed by atoms with E-state index < -0.39 is 22.9 Å². The molecule has 2 heterocycles. The Bertz CT molecular complexity index is 1210. The third-order valence-electron chi connectivity index (χ3n) is 7.24. The maximum absolute atomic E-state index is 12.8. The summed E-state index contributed by atoms with van der Waals surface area (Å²) >= 11 is 1.70. The third-order valence-corrected chi connectivity index (χ3v) is 8.22. The Morgan fingerprint density at radius 2 is 1.95 bits per heavy atom. The van der Waals surface area contributed by atoms with Gasteiger partial charge in [-0.05, 0) is 68.7 Å². The molecule has 8 nitrogen and oxygen atoms in total. The van der Waals surface area contributed by atoms with Crippen LogP contribution in [0.25, 0.3) is 10.4 Å². The number of likely N-dealkylation sites (tertiary alicyclic amines) is 1. The van der Waals surface area contributed by atoms with E-state index in [1.165, 1.54) is 21.6 Å². The molecule has 1 saturated heterocycles. The lowest BCUT2D eigenvalue weighted by Crippen LogP contribution is -2.57. The number of nitriles is 1. The number of nitrogens with one attached hydrogen (secondary N) is 2. The second-order valence-electron chi connectivity index (χ2n) is 11.3. The molecule has 1 aromatic heterocycles. The Morgan fingerprint density at radius 3 is 2.42 bits per heavy atom. The average Bonchev–Trinajstić information content (AvgIpc) is 3.38. The molecule has 2 aliphatic rings. The Morgan fingerprint density at radius 1 is 1.27 bits per heavy atom. The van der Waals surface area contributed by atoms with Gasteiger partial charge in [-0.3, -0.25) is 9.59 Å². The first-order chi connectivity index (χ1) is 19.0. The van der Waals surface area contributed by atoms with Crippen molar-refractivity contribution in [3.05, 3.63) is 40.5 Å². The van der Waals surface area contributed by atoms with Crippen LogP contribution in [-0.2, 0) is 20.9 Å². The van der Waals surface area contributed by atoms with Gasteiger partial charge in [0.25, 0.3) is 0 Å². The molecule has 2 fully saturated rings. The number of hydrogen-bond donors (Lipinski definition) is 2. The van der Waals surface area contributed by atoms with Crippen LogP contribution >= 0.6 is 11.3 Å². The first kappa shape index (κ1) is 33.1. The summed E-state index contributed by atoms with van der Waals surface area (Å²) in [6.45, 7) is 15.3. The lowest BCUT2D eigenvalue weighted by Gasteiger charge is -2.35. The molecule has 2 N–H and O–H groups in total. The van der Waals surface area contributed by atoms with Crippen molar-refractivity contribution >= 4 is 29.4 Å². The van der Waals surface area contributed by atoms with E-state index in [-0.39, 0.29) is 11.8 Å². The van der Waals surface area contributed by atoms with Crippen molar-refractivity contribution in [3.63, 3.8) is 0 Å². The number of aryl methyl sites for hydroxylation is 2. The Labute approximate surface area is 243 Å². The van der Waals surface area contributed by atoms with Gasteiger partial charge in [-0.15, -0.1) is 11.3 Å². The zero-order valence-electron chi connectivity index (χ0n) is 25.3. The van der Waals surface area contributed by atoms with E-state index in [0.717, 1.165) is 24.9 Å². The van der Waals surface area contributed by atoms with Crippen molar-refractivity contribution in [2.45, 2.75) is 92.8 Å². The summed E-state index contributed by atoms with van der Waals surface area (Å²) in [4.78, 5) is 43.3. The molecule has 1 aliphatic carbocycles. The van der Waals surface area contributed by atoms with Crippen molar-refractivity contribution < 1.29 is 14.4 Å². The highest BCUT2D eigenvalue weighted by molar-refractivity contribution is 7.13. The summed E-state index contributed by atoms with van der Waals surface area (Å²) in [5.41, 5.74) is 5.53. The highest BCUT2D eigenvalue weighted by atomic mass is 32.1. The molecule has 1 saturated carbocycles. The first-order valence-corrected chi connectivity index (χ1v) is 15.0. The summed E-state index contributed by atoms with van der Waals surface area (Å²) in [6.07, 6.45) is 3.34. The molecule has 218 valence electrons. The molecule has 2 unspecified atom stereocenters. The number of amides is 2. The van der Waals surface area contributed by atoms with Crippen LogP contribution in [0.5, 0.6) is 0 Å². The van der Waals surface area contributed by atoms with Crippen molar-refractivity contribution in [3.8, 4) is 16.5 Å². The minimum atomic E-state index is -0.959. The Balaban J connectivity index is 0.000000275. The Kier molecular flexibility index (Phi) is 12.0. The summed E-state index contributed by atoms with van der Waals surface area (Å²) < 4.78 is 0. The van der Waals surface area contributed by atoms with E-state index in [2.05, 4.69) is 47.7 Å². The summed E-state index contributed by atoms with van der Waals surface area (Å²) in [5, 5.41) is 15.1. The molecule has 0 radical (unpaired) electrons. The normalized spacial score (nSPS) is 17.8. The lowest BCUT2D eigenvalue weighted by molar-refractivity contribution is -0.142. The molecule has 0 spiro atoms. The van der Waals surface area contributed by atoms with Gasteiger partial charge in [0.2, 0.25) is 11.8 Å². The first-order valence-electron chi connectivity index (χ1n) is 14.1. The minimum absolute atomic E-state index is 0.232. The third kappa shape index (κ3) is 7.98. The fourth-order valence-corrected chi connectivity index (χ4v) is 5.41. The summed E-state index contributed by atoms with van der Waals surface area (Å²) in [5.74, 6) is -0.602. The maximum atomic E-state index is 12.8. The van der Waals surface area contributed by atoms with Gasteiger partial charge < -0.3 is 20.3 Å². The molecular formula is C31H45N5O3S. The number of rotatable bonds is 7. The predicted molar refractivity (Wildman–Crippen MR) is 161 cm³/mol. The van der Waals surface area contributed by atoms with E-state index in [1.54, 1.807) is 16.2 Å². The Hall–Kier alpha value is -3.09. The highest BCUT2D eigenvalue weighted by Gasteiger charge is 2.52. The van der Waals surface area contributed by atoms with Gasteiger partial charge in [0, 0.05) is 13.1 Å². The number of hydrogen-bond acceptors (Lipinski definition) is 7. The van der Waals surface area contributed by atoms with E-state index in [9.17, 15) is 14.4 Å². The molecule has 2 amide bonds. The number of aldehydes is 1.